The third-order valence-electron chi connectivity index (χ3n) is 3.05. The van der Waals surface area contributed by atoms with Gasteiger partial charge in [0.1, 0.15) is 5.82 Å². The highest BCUT2D eigenvalue weighted by Crippen LogP contribution is 2.28. The number of benzene rings is 1. The van der Waals surface area contributed by atoms with Crippen LogP contribution in [0.2, 0.25) is 0 Å². The van der Waals surface area contributed by atoms with Crippen LogP contribution in [0.15, 0.2) is 41.1 Å². The van der Waals surface area contributed by atoms with Gasteiger partial charge >= 0.3 is 0 Å². The van der Waals surface area contributed by atoms with Crippen molar-refractivity contribution in [2.24, 2.45) is 0 Å². The van der Waals surface area contributed by atoms with E-state index in [-0.39, 0.29) is 11.9 Å². The Morgan fingerprint density at radius 2 is 2.11 bits per heavy atom. The lowest BCUT2D eigenvalue weighted by atomic mass is 9.96. The van der Waals surface area contributed by atoms with E-state index in [0.29, 0.717) is 5.56 Å². The van der Waals surface area contributed by atoms with Crippen LogP contribution in [-0.4, -0.2) is 11.5 Å². The second kappa shape index (κ2) is 6.26. The van der Waals surface area contributed by atoms with Crippen molar-refractivity contribution in [1.82, 2.24) is 10.3 Å². The largest absolute Gasteiger partial charge is 0.306 e. The van der Waals surface area contributed by atoms with Crippen molar-refractivity contribution in [3.05, 3.63) is 63.6 Å². The van der Waals surface area contributed by atoms with Crippen molar-refractivity contribution in [2.45, 2.75) is 19.9 Å². The van der Waals surface area contributed by atoms with Gasteiger partial charge in [0.15, 0.2) is 0 Å². The zero-order valence-corrected chi connectivity index (χ0v) is 12.5. The molecule has 2 nitrogen and oxygen atoms in total. The maximum atomic E-state index is 14.1. The molecule has 0 saturated carbocycles. The van der Waals surface area contributed by atoms with Gasteiger partial charge in [-0.15, -0.1) is 0 Å². The highest BCUT2D eigenvalue weighted by atomic mass is 79.9. The van der Waals surface area contributed by atoms with Gasteiger partial charge in [-0.3, -0.25) is 4.98 Å². The van der Waals surface area contributed by atoms with Crippen LogP contribution >= 0.6 is 15.9 Å². The van der Waals surface area contributed by atoms with Gasteiger partial charge in [0.2, 0.25) is 0 Å². The molecular formula is C15H16BrFN2. The minimum Gasteiger partial charge on any atom is -0.306 e. The highest BCUT2D eigenvalue weighted by molar-refractivity contribution is 9.10. The predicted octanol–water partition coefficient (Wildman–Crippen LogP) is 3.99. The van der Waals surface area contributed by atoms with Gasteiger partial charge in [0.05, 0.1) is 6.04 Å². The van der Waals surface area contributed by atoms with Gasteiger partial charge in [-0.1, -0.05) is 22.9 Å². The number of hydrogen-bond donors (Lipinski definition) is 1. The number of halogens is 2. The van der Waals surface area contributed by atoms with Crippen molar-refractivity contribution >= 4 is 15.9 Å². The summed E-state index contributed by atoms with van der Waals surface area (Å²) in [5.74, 6) is -0.203. The third kappa shape index (κ3) is 3.19. The normalized spacial score (nSPS) is 12.4. The van der Waals surface area contributed by atoms with Gasteiger partial charge in [-0.25, -0.2) is 4.39 Å². The van der Waals surface area contributed by atoms with Crippen LogP contribution in [0.5, 0.6) is 0 Å². The summed E-state index contributed by atoms with van der Waals surface area (Å²) in [6, 6.07) is 6.79. The first kappa shape index (κ1) is 14.2. The Labute approximate surface area is 121 Å². The smallest absolute Gasteiger partial charge is 0.128 e. The molecule has 0 amide bonds. The lowest BCUT2D eigenvalue weighted by molar-refractivity contribution is 0.557. The summed E-state index contributed by atoms with van der Waals surface area (Å²) >= 11 is 3.40. The zero-order chi connectivity index (χ0) is 13.8. The Morgan fingerprint density at radius 3 is 2.79 bits per heavy atom. The van der Waals surface area contributed by atoms with Crippen LogP contribution in [0, 0.1) is 12.7 Å². The average molecular weight is 323 g/mol. The van der Waals surface area contributed by atoms with Crippen LogP contribution in [-0.2, 0) is 0 Å². The third-order valence-corrected chi connectivity index (χ3v) is 3.55. The van der Waals surface area contributed by atoms with Crippen molar-refractivity contribution in [1.29, 1.82) is 0 Å². The molecule has 1 unspecified atom stereocenters. The summed E-state index contributed by atoms with van der Waals surface area (Å²) in [7, 11) is 0. The van der Waals surface area contributed by atoms with Crippen LogP contribution in [0.3, 0.4) is 0 Å². The number of aromatic nitrogens is 1. The van der Waals surface area contributed by atoms with E-state index in [1.54, 1.807) is 18.5 Å². The summed E-state index contributed by atoms with van der Waals surface area (Å²) in [5, 5.41) is 3.34. The highest BCUT2D eigenvalue weighted by Gasteiger charge is 2.18. The van der Waals surface area contributed by atoms with Crippen LogP contribution in [0.25, 0.3) is 0 Å². The molecule has 1 N–H and O–H groups in total. The second-order valence-electron chi connectivity index (χ2n) is 4.39. The Hall–Kier alpha value is -1.26. The Bertz CT molecular complexity index is 572. The van der Waals surface area contributed by atoms with E-state index in [9.17, 15) is 4.39 Å². The molecule has 100 valence electrons. The maximum absolute atomic E-state index is 14.1. The molecule has 1 atom stereocenters. The topological polar surface area (TPSA) is 24.9 Å². The van der Waals surface area contributed by atoms with E-state index < -0.39 is 0 Å². The lowest BCUT2D eigenvalue weighted by Gasteiger charge is -2.21. The van der Waals surface area contributed by atoms with Crippen LogP contribution in [0.1, 0.15) is 29.7 Å². The zero-order valence-electron chi connectivity index (χ0n) is 11.0. The molecule has 0 aliphatic rings. The molecule has 0 aliphatic carbocycles. The summed E-state index contributed by atoms with van der Waals surface area (Å²) in [5.41, 5.74) is 2.74. The second-order valence-corrected chi connectivity index (χ2v) is 5.30. The average Bonchev–Trinajstić information content (AvgIpc) is 2.40. The minimum atomic E-state index is -0.203. The fraction of sp³-hybridized carbons (Fsp3) is 0.267. The van der Waals surface area contributed by atoms with Gasteiger partial charge in [0.25, 0.3) is 0 Å². The molecule has 1 aromatic carbocycles. The van der Waals surface area contributed by atoms with Crippen LogP contribution in [0.4, 0.5) is 4.39 Å². The SMILES string of the molecule is CCNC(c1ccncc1C)c1cc(Br)ccc1F. The van der Waals surface area contributed by atoms with E-state index in [4.69, 9.17) is 0 Å². The monoisotopic (exact) mass is 322 g/mol. The number of aryl methyl sites for hydroxylation is 1. The maximum Gasteiger partial charge on any atom is 0.128 e. The molecular weight excluding hydrogens is 307 g/mol. The van der Waals surface area contributed by atoms with Gasteiger partial charge in [-0.05, 0) is 48.9 Å². The quantitative estimate of drug-likeness (QED) is 0.920. The standard InChI is InChI=1S/C15H16BrFN2/c1-3-19-15(12-6-7-18-9-10(12)2)13-8-11(16)4-5-14(13)17/h4-9,15,19H,3H2,1-2H3. The first-order valence-corrected chi connectivity index (χ1v) is 7.01. The molecule has 0 spiro atoms. The molecule has 19 heavy (non-hydrogen) atoms. The number of hydrogen-bond acceptors (Lipinski definition) is 2. The minimum absolute atomic E-state index is 0.162. The number of pyridine rings is 1. The Morgan fingerprint density at radius 1 is 1.32 bits per heavy atom. The number of nitrogens with zero attached hydrogens (tertiary/aromatic N) is 1. The van der Waals surface area contributed by atoms with Crippen molar-refractivity contribution < 1.29 is 4.39 Å². The summed E-state index contributed by atoms with van der Waals surface area (Å²) in [6.07, 6.45) is 3.54. The molecule has 1 aromatic heterocycles. The molecule has 0 fully saturated rings. The Kier molecular flexibility index (Phi) is 4.66. The van der Waals surface area contributed by atoms with Crippen molar-refractivity contribution in [3.63, 3.8) is 0 Å². The van der Waals surface area contributed by atoms with Crippen LogP contribution < -0.4 is 5.32 Å². The molecule has 0 aliphatic heterocycles. The van der Waals surface area contributed by atoms with E-state index in [1.807, 2.05) is 26.0 Å². The lowest BCUT2D eigenvalue weighted by Crippen LogP contribution is -2.23. The Balaban J connectivity index is 2.51. The first-order valence-electron chi connectivity index (χ1n) is 6.22. The first-order chi connectivity index (χ1) is 9.13. The van der Waals surface area contributed by atoms with Gasteiger partial charge in [0, 0.05) is 22.4 Å². The van der Waals surface area contributed by atoms with Crippen molar-refractivity contribution in [3.8, 4) is 0 Å². The fourth-order valence-electron chi connectivity index (χ4n) is 2.14. The summed E-state index contributed by atoms with van der Waals surface area (Å²) in [4.78, 5) is 4.09. The predicted molar refractivity (Wildman–Crippen MR) is 78.6 cm³/mol. The number of rotatable bonds is 4. The van der Waals surface area contributed by atoms with Gasteiger partial charge < -0.3 is 5.32 Å². The number of nitrogens with one attached hydrogen (secondary N) is 1. The summed E-state index contributed by atoms with van der Waals surface area (Å²) in [6.45, 7) is 4.76. The molecule has 0 saturated heterocycles. The van der Waals surface area contributed by atoms with E-state index in [2.05, 4.69) is 26.2 Å². The summed E-state index contributed by atoms with van der Waals surface area (Å²) < 4.78 is 15.0. The molecule has 0 bridgehead atoms. The molecule has 4 heteroatoms. The molecule has 1 heterocycles. The fourth-order valence-corrected chi connectivity index (χ4v) is 2.51. The van der Waals surface area contributed by atoms with Gasteiger partial charge in [-0.2, -0.15) is 0 Å². The van der Waals surface area contributed by atoms with Crippen molar-refractivity contribution in [2.75, 3.05) is 6.54 Å². The van der Waals surface area contributed by atoms with E-state index in [0.717, 1.165) is 22.1 Å². The van der Waals surface area contributed by atoms with E-state index >= 15 is 0 Å². The van der Waals surface area contributed by atoms with E-state index in [1.165, 1.54) is 6.07 Å². The molecule has 0 radical (unpaired) electrons. The molecule has 2 aromatic rings. The molecule has 2 rings (SSSR count).